The molecule has 1 unspecified atom stereocenters. The van der Waals surface area contributed by atoms with Gasteiger partial charge in [0.25, 0.3) is 0 Å². The first-order valence-electron chi connectivity index (χ1n) is 15.1. The standard InChI is InChI=1S/C35H52O5/c1-8-35(9-2,28-18-20-32(26(4)22-28)40-24-33(39)34(5,6)7)27-17-19-30(25(3)21-27)31(38)16-14-12-10-11-13-15-29(37)23-36/h17-22,33,36,39H,8-16,23-24H2,1-7H3. The third-order valence-electron chi connectivity index (χ3n) is 8.45. The number of carbonyl (C=O) groups is 2. The summed E-state index contributed by atoms with van der Waals surface area (Å²) in [5.41, 5.74) is 4.92. The molecule has 0 aliphatic carbocycles. The van der Waals surface area contributed by atoms with Gasteiger partial charge < -0.3 is 14.9 Å². The molecule has 0 radical (unpaired) electrons. The normalized spacial score (nSPS) is 12.8. The predicted octanol–water partition coefficient (Wildman–Crippen LogP) is 7.67. The van der Waals surface area contributed by atoms with Gasteiger partial charge in [0.15, 0.2) is 11.6 Å². The summed E-state index contributed by atoms with van der Waals surface area (Å²) >= 11 is 0. The molecular weight excluding hydrogens is 500 g/mol. The number of aliphatic hydroxyl groups is 2. The van der Waals surface area contributed by atoms with Gasteiger partial charge in [0.2, 0.25) is 0 Å². The Morgan fingerprint density at radius 2 is 1.38 bits per heavy atom. The molecule has 0 aliphatic heterocycles. The Hall–Kier alpha value is -2.50. The van der Waals surface area contributed by atoms with E-state index in [2.05, 4.69) is 45.0 Å². The first kappa shape index (κ1) is 33.7. The lowest BCUT2D eigenvalue weighted by Gasteiger charge is -2.34. The van der Waals surface area contributed by atoms with E-state index < -0.39 is 6.10 Å². The molecule has 2 aromatic carbocycles. The molecule has 1 atom stereocenters. The summed E-state index contributed by atoms with van der Waals surface area (Å²) in [5, 5.41) is 19.2. The van der Waals surface area contributed by atoms with Gasteiger partial charge in [-0.2, -0.15) is 0 Å². The van der Waals surface area contributed by atoms with Crippen molar-refractivity contribution in [2.24, 2.45) is 5.41 Å². The highest BCUT2D eigenvalue weighted by atomic mass is 16.5. The number of ketones is 2. The monoisotopic (exact) mass is 552 g/mol. The Bertz CT molecular complexity index is 1110. The van der Waals surface area contributed by atoms with E-state index in [0.29, 0.717) is 12.8 Å². The van der Waals surface area contributed by atoms with Crippen LogP contribution in [-0.2, 0) is 10.2 Å². The molecule has 0 fully saturated rings. The van der Waals surface area contributed by atoms with E-state index >= 15 is 0 Å². The number of benzene rings is 2. The molecule has 0 spiro atoms. The molecule has 0 heterocycles. The molecule has 2 N–H and O–H groups in total. The molecule has 222 valence electrons. The summed E-state index contributed by atoms with van der Waals surface area (Å²) in [6.45, 7) is 14.4. The fraction of sp³-hybridized carbons (Fsp3) is 0.600. The van der Waals surface area contributed by atoms with Crippen molar-refractivity contribution in [1.82, 2.24) is 0 Å². The van der Waals surface area contributed by atoms with Gasteiger partial charge in [-0.05, 0) is 73.3 Å². The Morgan fingerprint density at radius 3 is 1.90 bits per heavy atom. The minimum absolute atomic E-state index is 0.0993. The van der Waals surface area contributed by atoms with E-state index in [4.69, 9.17) is 9.84 Å². The van der Waals surface area contributed by atoms with Gasteiger partial charge in [0.05, 0.1) is 6.10 Å². The van der Waals surface area contributed by atoms with Crippen LogP contribution in [0.25, 0.3) is 0 Å². The average molecular weight is 553 g/mol. The first-order valence-corrected chi connectivity index (χ1v) is 15.1. The molecule has 40 heavy (non-hydrogen) atoms. The lowest BCUT2D eigenvalue weighted by Crippen LogP contribution is -2.32. The van der Waals surface area contributed by atoms with E-state index in [1.165, 1.54) is 11.1 Å². The zero-order valence-electron chi connectivity index (χ0n) is 25.9. The molecule has 0 aliphatic rings. The van der Waals surface area contributed by atoms with E-state index in [-0.39, 0.29) is 35.6 Å². The van der Waals surface area contributed by atoms with Gasteiger partial charge in [-0.1, -0.05) is 84.2 Å². The maximum absolute atomic E-state index is 13.0. The Kier molecular flexibility index (Phi) is 13.0. The molecule has 0 aromatic heterocycles. The van der Waals surface area contributed by atoms with Gasteiger partial charge in [0, 0.05) is 23.8 Å². The van der Waals surface area contributed by atoms with Crippen LogP contribution in [0.15, 0.2) is 36.4 Å². The summed E-state index contributed by atoms with van der Waals surface area (Å²) in [4.78, 5) is 24.2. The lowest BCUT2D eigenvalue weighted by atomic mass is 9.69. The SMILES string of the molecule is CCC(CC)(c1ccc(OCC(O)C(C)(C)C)c(C)c1)c1ccc(C(=O)CCCCCCCC(=O)CO)c(C)c1. The topological polar surface area (TPSA) is 83.8 Å². The van der Waals surface area contributed by atoms with E-state index in [1.54, 1.807) is 0 Å². The number of hydrogen-bond donors (Lipinski definition) is 2. The van der Waals surface area contributed by atoms with Crippen molar-refractivity contribution in [2.75, 3.05) is 13.2 Å². The number of carbonyl (C=O) groups excluding carboxylic acids is 2. The van der Waals surface area contributed by atoms with Gasteiger partial charge >= 0.3 is 0 Å². The molecule has 0 saturated heterocycles. The lowest BCUT2D eigenvalue weighted by molar-refractivity contribution is -0.121. The average Bonchev–Trinajstić information content (AvgIpc) is 2.92. The van der Waals surface area contributed by atoms with Crippen molar-refractivity contribution in [2.45, 2.75) is 118 Å². The molecule has 5 heteroatoms. The highest BCUT2D eigenvalue weighted by molar-refractivity contribution is 5.97. The minimum atomic E-state index is -0.546. The molecular formula is C35H52O5. The summed E-state index contributed by atoms with van der Waals surface area (Å²) in [7, 11) is 0. The number of aryl methyl sites for hydroxylation is 2. The number of aliphatic hydroxyl groups excluding tert-OH is 2. The first-order chi connectivity index (χ1) is 18.9. The quantitative estimate of drug-likeness (QED) is 0.155. The Labute approximate surface area is 242 Å². The summed E-state index contributed by atoms with van der Waals surface area (Å²) in [6.07, 6.45) is 6.88. The van der Waals surface area contributed by atoms with Crippen LogP contribution in [0.4, 0.5) is 0 Å². The molecule has 0 bridgehead atoms. The van der Waals surface area contributed by atoms with Crippen molar-refractivity contribution in [3.63, 3.8) is 0 Å². The zero-order valence-corrected chi connectivity index (χ0v) is 25.9. The molecule has 0 saturated carbocycles. The van der Waals surface area contributed by atoms with Crippen LogP contribution in [0.2, 0.25) is 0 Å². The zero-order chi connectivity index (χ0) is 29.9. The van der Waals surface area contributed by atoms with Gasteiger partial charge in [-0.3, -0.25) is 9.59 Å². The molecule has 2 rings (SSSR count). The van der Waals surface area contributed by atoms with Crippen LogP contribution in [0.5, 0.6) is 5.75 Å². The van der Waals surface area contributed by atoms with E-state index in [0.717, 1.165) is 67.4 Å². The van der Waals surface area contributed by atoms with Crippen molar-refractivity contribution in [1.29, 1.82) is 0 Å². The Balaban J connectivity index is 2.10. The summed E-state index contributed by atoms with van der Waals surface area (Å²) < 4.78 is 5.99. The van der Waals surface area contributed by atoms with Crippen LogP contribution in [-0.4, -0.2) is 41.1 Å². The highest BCUT2D eigenvalue weighted by Crippen LogP contribution is 2.41. The fourth-order valence-corrected chi connectivity index (χ4v) is 5.39. The second-order valence-corrected chi connectivity index (χ2v) is 12.4. The van der Waals surface area contributed by atoms with Crippen molar-refractivity contribution in [3.05, 3.63) is 64.2 Å². The number of unbranched alkanes of at least 4 members (excludes halogenated alkanes) is 4. The van der Waals surface area contributed by atoms with E-state index in [9.17, 15) is 14.7 Å². The number of hydrogen-bond acceptors (Lipinski definition) is 5. The van der Waals surface area contributed by atoms with Crippen LogP contribution in [0, 0.1) is 19.3 Å². The number of rotatable bonds is 17. The van der Waals surface area contributed by atoms with Crippen molar-refractivity contribution in [3.8, 4) is 5.75 Å². The largest absolute Gasteiger partial charge is 0.491 e. The van der Waals surface area contributed by atoms with Gasteiger partial charge in [0.1, 0.15) is 19.0 Å². The predicted molar refractivity (Wildman–Crippen MR) is 163 cm³/mol. The molecule has 0 amide bonds. The van der Waals surface area contributed by atoms with Gasteiger partial charge in [-0.25, -0.2) is 0 Å². The Morgan fingerprint density at radius 1 is 0.825 bits per heavy atom. The third-order valence-corrected chi connectivity index (χ3v) is 8.45. The van der Waals surface area contributed by atoms with Crippen molar-refractivity contribution < 1.29 is 24.5 Å². The van der Waals surface area contributed by atoms with Crippen LogP contribution >= 0.6 is 0 Å². The van der Waals surface area contributed by atoms with Gasteiger partial charge in [-0.15, -0.1) is 0 Å². The van der Waals surface area contributed by atoms with E-state index in [1.807, 2.05) is 39.8 Å². The maximum Gasteiger partial charge on any atom is 0.163 e. The van der Waals surface area contributed by atoms with Crippen LogP contribution in [0.1, 0.15) is 125 Å². The smallest absolute Gasteiger partial charge is 0.163 e. The highest BCUT2D eigenvalue weighted by Gasteiger charge is 2.32. The third kappa shape index (κ3) is 9.01. The molecule has 2 aromatic rings. The second kappa shape index (κ2) is 15.5. The summed E-state index contributed by atoms with van der Waals surface area (Å²) in [6, 6.07) is 12.7. The van der Waals surface area contributed by atoms with Crippen molar-refractivity contribution >= 4 is 11.6 Å². The summed E-state index contributed by atoms with van der Waals surface area (Å²) in [5.74, 6) is 0.884. The maximum atomic E-state index is 13.0. The molecule has 5 nitrogen and oxygen atoms in total. The number of Topliss-reactive ketones (excluding diaryl/α,β-unsaturated/α-hetero) is 2. The van der Waals surface area contributed by atoms with Crippen LogP contribution < -0.4 is 4.74 Å². The minimum Gasteiger partial charge on any atom is -0.491 e. The number of ether oxygens (including phenoxy) is 1. The second-order valence-electron chi connectivity index (χ2n) is 12.4. The van der Waals surface area contributed by atoms with Crippen LogP contribution in [0.3, 0.4) is 0 Å². The fourth-order valence-electron chi connectivity index (χ4n) is 5.39.